The monoisotopic (exact) mass is 266 g/mol. The van der Waals surface area contributed by atoms with Crippen LogP contribution >= 0.6 is 0 Å². The summed E-state index contributed by atoms with van der Waals surface area (Å²) in [5, 5.41) is 3.16. The molecule has 0 aliphatic heterocycles. The molecule has 1 N–H and O–H groups in total. The fourth-order valence-electron chi connectivity index (χ4n) is 1.26. The van der Waals surface area contributed by atoms with Gasteiger partial charge in [0.15, 0.2) is 5.78 Å². The Labute approximate surface area is 114 Å². The molecule has 0 fully saturated rings. The first kappa shape index (κ1) is 15.4. The highest BCUT2D eigenvalue weighted by molar-refractivity contribution is 5.81. The zero-order valence-electron chi connectivity index (χ0n) is 11.8. The minimum absolute atomic E-state index is 0.0124. The van der Waals surface area contributed by atoms with E-state index in [1.165, 1.54) is 0 Å². The number of carbonyl (C=O) groups excluding carboxylic acids is 1. The van der Waals surface area contributed by atoms with Gasteiger partial charge in [-0.3, -0.25) is 4.79 Å². The van der Waals surface area contributed by atoms with Crippen molar-refractivity contribution in [1.29, 1.82) is 0 Å². The van der Waals surface area contributed by atoms with Gasteiger partial charge in [0.05, 0.1) is 6.20 Å². The summed E-state index contributed by atoms with van der Waals surface area (Å²) in [4.78, 5) is 15.5. The van der Waals surface area contributed by atoms with Gasteiger partial charge in [0.25, 0.3) is 0 Å². The molecular formula is C14H22N2O3. The molecule has 1 aromatic heterocycles. The van der Waals surface area contributed by atoms with Crippen molar-refractivity contribution in [3.63, 3.8) is 0 Å². The van der Waals surface area contributed by atoms with Gasteiger partial charge in [0.1, 0.15) is 19.0 Å². The average molecular weight is 266 g/mol. The fourth-order valence-corrected chi connectivity index (χ4v) is 1.26. The van der Waals surface area contributed by atoms with Crippen LogP contribution in [-0.2, 0) is 4.79 Å². The number of hydrogen-bond donors (Lipinski definition) is 1. The smallest absolute Gasteiger partial charge is 0.213 e. The molecule has 0 aromatic carbocycles. The van der Waals surface area contributed by atoms with E-state index in [4.69, 9.17) is 9.47 Å². The minimum atomic E-state index is -0.0124. The summed E-state index contributed by atoms with van der Waals surface area (Å²) in [5.74, 6) is 1.20. The molecule has 5 heteroatoms. The van der Waals surface area contributed by atoms with Gasteiger partial charge in [0, 0.05) is 18.5 Å². The second kappa shape index (κ2) is 8.48. The molecule has 1 aromatic rings. The molecule has 0 saturated carbocycles. The molecule has 106 valence electrons. The number of hydrogen-bond acceptors (Lipinski definition) is 5. The Morgan fingerprint density at radius 1 is 1.37 bits per heavy atom. The largest absolute Gasteiger partial charge is 0.484 e. The van der Waals surface area contributed by atoms with E-state index in [1.54, 1.807) is 18.3 Å². The quantitative estimate of drug-likeness (QED) is 0.689. The van der Waals surface area contributed by atoms with E-state index in [0.717, 1.165) is 13.1 Å². The second-order valence-electron chi connectivity index (χ2n) is 4.44. The lowest BCUT2D eigenvalue weighted by Crippen LogP contribution is -2.20. The molecule has 0 saturated heterocycles. The highest BCUT2D eigenvalue weighted by Crippen LogP contribution is 2.13. The summed E-state index contributed by atoms with van der Waals surface area (Å²) in [7, 11) is 0. The maximum Gasteiger partial charge on any atom is 0.213 e. The molecule has 0 radical (unpaired) electrons. The van der Waals surface area contributed by atoms with Crippen molar-refractivity contribution in [2.75, 3.05) is 26.3 Å². The van der Waals surface area contributed by atoms with Gasteiger partial charge in [-0.2, -0.15) is 0 Å². The van der Waals surface area contributed by atoms with E-state index in [2.05, 4.69) is 10.3 Å². The number of aromatic nitrogens is 1. The van der Waals surface area contributed by atoms with E-state index in [9.17, 15) is 4.79 Å². The highest BCUT2D eigenvalue weighted by Gasteiger charge is 2.08. The summed E-state index contributed by atoms with van der Waals surface area (Å²) in [6.07, 6.45) is 1.57. The Morgan fingerprint density at radius 3 is 2.74 bits per heavy atom. The molecule has 0 unspecified atom stereocenters. The molecule has 0 amide bonds. The van der Waals surface area contributed by atoms with Crippen LogP contribution < -0.4 is 14.8 Å². The highest BCUT2D eigenvalue weighted by atomic mass is 16.5. The molecule has 19 heavy (non-hydrogen) atoms. The lowest BCUT2D eigenvalue weighted by atomic mass is 10.1. The number of pyridine rings is 1. The maximum atomic E-state index is 11.4. The average Bonchev–Trinajstić information content (AvgIpc) is 2.42. The molecule has 1 rings (SSSR count). The topological polar surface area (TPSA) is 60.5 Å². The predicted octanol–water partition coefficient (Wildman–Crippen LogP) is 1.67. The third kappa shape index (κ3) is 6.20. The Bertz CT molecular complexity index is 377. The normalized spacial score (nSPS) is 10.5. The van der Waals surface area contributed by atoms with Crippen LogP contribution in [0.3, 0.4) is 0 Å². The Balaban J connectivity index is 2.33. The molecule has 5 nitrogen and oxygen atoms in total. The molecule has 0 bridgehead atoms. The zero-order chi connectivity index (χ0) is 14.1. The van der Waals surface area contributed by atoms with Crippen molar-refractivity contribution in [3.8, 4) is 11.6 Å². The van der Waals surface area contributed by atoms with Crippen LogP contribution in [-0.4, -0.2) is 37.1 Å². The van der Waals surface area contributed by atoms with Crippen LogP contribution in [0.4, 0.5) is 0 Å². The van der Waals surface area contributed by atoms with E-state index >= 15 is 0 Å². The van der Waals surface area contributed by atoms with Crippen LogP contribution in [0.1, 0.15) is 20.8 Å². The van der Waals surface area contributed by atoms with Gasteiger partial charge in [-0.15, -0.1) is 0 Å². The molecule has 0 aliphatic rings. The number of ether oxygens (including phenoxy) is 2. The van der Waals surface area contributed by atoms with E-state index in [1.807, 2.05) is 20.8 Å². The number of rotatable bonds is 9. The lowest BCUT2D eigenvalue weighted by molar-refractivity contribution is -0.123. The van der Waals surface area contributed by atoms with Crippen LogP contribution in [0.25, 0.3) is 0 Å². The van der Waals surface area contributed by atoms with Crippen molar-refractivity contribution in [1.82, 2.24) is 10.3 Å². The van der Waals surface area contributed by atoms with Crippen molar-refractivity contribution < 1.29 is 14.3 Å². The number of Topliss-reactive ketones (excluding diaryl/α,β-unsaturated/α-hetero) is 1. The first-order chi connectivity index (χ1) is 9.13. The van der Waals surface area contributed by atoms with Gasteiger partial charge < -0.3 is 14.8 Å². The van der Waals surface area contributed by atoms with E-state index in [0.29, 0.717) is 18.2 Å². The Morgan fingerprint density at radius 2 is 2.16 bits per heavy atom. The summed E-state index contributed by atoms with van der Waals surface area (Å²) >= 11 is 0. The molecule has 1 heterocycles. The van der Waals surface area contributed by atoms with Crippen molar-refractivity contribution in [2.24, 2.45) is 5.92 Å². The third-order valence-electron chi connectivity index (χ3n) is 2.51. The fraction of sp³-hybridized carbons (Fsp3) is 0.571. The summed E-state index contributed by atoms with van der Waals surface area (Å²) in [6, 6.07) is 3.49. The van der Waals surface area contributed by atoms with E-state index in [-0.39, 0.29) is 18.3 Å². The summed E-state index contributed by atoms with van der Waals surface area (Å²) < 4.78 is 10.8. The van der Waals surface area contributed by atoms with Crippen LogP contribution in [0.15, 0.2) is 18.3 Å². The lowest BCUT2D eigenvalue weighted by Gasteiger charge is -2.08. The van der Waals surface area contributed by atoms with Crippen LogP contribution in [0.2, 0.25) is 0 Å². The first-order valence-corrected chi connectivity index (χ1v) is 6.58. The van der Waals surface area contributed by atoms with Crippen molar-refractivity contribution in [2.45, 2.75) is 20.8 Å². The molecular weight excluding hydrogens is 244 g/mol. The molecule has 0 spiro atoms. The molecule has 0 atom stereocenters. The third-order valence-corrected chi connectivity index (χ3v) is 2.51. The van der Waals surface area contributed by atoms with Crippen molar-refractivity contribution >= 4 is 5.78 Å². The Kier molecular flexibility index (Phi) is 6.89. The van der Waals surface area contributed by atoms with Gasteiger partial charge in [0.2, 0.25) is 5.88 Å². The van der Waals surface area contributed by atoms with Gasteiger partial charge in [-0.1, -0.05) is 20.8 Å². The second-order valence-corrected chi connectivity index (χ2v) is 4.44. The van der Waals surface area contributed by atoms with E-state index < -0.39 is 0 Å². The van der Waals surface area contributed by atoms with Crippen molar-refractivity contribution in [3.05, 3.63) is 18.3 Å². The number of carbonyl (C=O) groups is 1. The van der Waals surface area contributed by atoms with Crippen LogP contribution in [0, 0.1) is 5.92 Å². The van der Waals surface area contributed by atoms with Gasteiger partial charge in [-0.05, 0) is 12.6 Å². The number of likely N-dealkylation sites (N-methyl/N-ethyl adjacent to an activating group) is 1. The number of nitrogens with zero attached hydrogens (tertiary/aromatic N) is 1. The zero-order valence-corrected chi connectivity index (χ0v) is 11.8. The van der Waals surface area contributed by atoms with Crippen LogP contribution in [0.5, 0.6) is 11.6 Å². The standard InChI is InChI=1S/C14H22N2O3/c1-4-15-7-8-18-14-6-5-12(9-16-14)19-10-13(17)11(2)3/h5-6,9,11,15H,4,7-8,10H2,1-3H3. The SMILES string of the molecule is CCNCCOc1ccc(OCC(=O)C(C)C)cn1. The Hall–Kier alpha value is -1.62. The summed E-state index contributed by atoms with van der Waals surface area (Å²) in [5.41, 5.74) is 0. The number of nitrogens with one attached hydrogen (secondary N) is 1. The summed E-state index contributed by atoms with van der Waals surface area (Å²) in [6.45, 7) is 8.12. The van der Waals surface area contributed by atoms with Gasteiger partial charge >= 0.3 is 0 Å². The predicted molar refractivity (Wildman–Crippen MR) is 73.6 cm³/mol. The maximum absolute atomic E-state index is 11.4. The first-order valence-electron chi connectivity index (χ1n) is 6.58. The molecule has 0 aliphatic carbocycles. The number of ketones is 1. The van der Waals surface area contributed by atoms with Gasteiger partial charge in [-0.25, -0.2) is 4.98 Å². The minimum Gasteiger partial charge on any atom is -0.484 e.